The monoisotopic (exact) mass is 494 g/mol. The highest BCUT2D eigenvalue weighted by Crippen LogP contribution is 2.21. The largest absolute Gasteiger partial charge is 0.368 e. The smallest absolute Gasteiger partial charge is 0.320 e. The summed E-state index contributed by atoms with van der Waals surface area (Å²) in [4.78, 5) is 36.6. The highest BCUT2D eigenvalue weighted by atomic mass is 35.5. The molecular formula is C21H28Cl2N8O2. The van der Waals surface area contributed by atoms with Crippen molar-refractivity contribution in [3.05, 3.63) is 47.4 Å². The highest BCUT2D eigenvalue weighted by molar-refractivity contribution is 5.93. The number of hydrogen-bond donors (Lipinski definition) is 3. The minimum Gasteiger partial charge on any atom is -0.368 e. The molecule has 1 aliphatic heterocycles. The number of aryl methyl sites for hydroxylation is 1. The van der Waals surface area contributed by atoms with E-state index in [9.17, 15) is 9.59 Å². The molecule has 1 aliphatic rings. The van der Waals surface area contributed by atoms with Crippen LogP contribution in [0.1, 0.15) is 28.7 Å². The number of rotatable bonds is 6. The Bertz CT molecular complexity index is 990. The second-order valence-corrected chi connectivity index (χ2v) is 7.16. The SMILES string of the molecule is CCNC(=O)Nc1cc(CN2CCN(c3ccc(C(=O)NC#N)nc3C)CC2)ccn1.Cl.Cl. The molecule has 178 valence electrons. The molecule has 33 heavy (non-hydrogen) atoms. The summed E-state index contributed by atoms with van der Waals surface area (Å²) in [5.74, 6) is 0.0321. The molecule has 1 fully saturated rings. The number of nitrogens with zero attached hydrogens (tertiary/aromatic N) is 5. The van der Waals surface area contributed by atoms with Gasteiger partial charge in [0.1, 0.15) is 11.5 Å². The number of piperazine rings is 1. The quantitative estimate of drug-likeness (QED) is 0.415. The lowest BCUT2D eigenvalue weighted by Crippen LogP contribution is -2.46. The van der Waals surface area contributed by atoms with Crippen LogP contribution in [0.3, 0.4) is 0 Å². The summed E-state index contributed by atoms with van der Waals surface area (Å²) in [6.07, 6.45) is 3.32. The number of carbonyl (C=O) groups excluding carboxylic acids is 2. The molecule has 0 spiro atoms. The number of carbonyl (C=O) groups is 2. The number of nitrogens with one attached hydrogen (secondary N) is 3. The van der Waals surface area contributed by atoms with Gasteiger partial charge in [0.2, 0.25) is 0 Å². The predicted molar refractivity (Wildman–Crippen MR) is 131 cm³/mol. The number of aromatic nitrogens is 2. The van der Waals surface area contributed by atoms with E-state index in [0.29, 0.717) is 12.4 Å². The molecule has 3 amide bonds. The molecule has 0 bridgehead atoms. The predicted octanol–water partition coefficient (Wildman–Crippen LogP) is 2.30. The fourth-order valence-electron chi connectivity index (χ4n) is 3.50. The van der Waals surface area contributed by atoms with E-state index in [4.69, 9.17) is 5.26 Å². The van der Waals surface area contributed by atoms with E-state index < -0.39 is 5.91 Å². The normalized spacial score (nSPS) is 13.1. The van der Waals surface area contributed by atoms with E-state index >= 15 is 0 Å². The van der Waals surface area contributed by atoms with Crippen molar-refractivity contribution < 1.29 is 9.59 Å². The molecule has 0 aliphatic carbocycles. The van der Waals surface area contributed by atoms with E-state index in [1.807, 2.05) is 32.0 Å². The van der Waals surface area contributed by atoms with Crippen molar-refractivity contribution in [1.29, 1.82) is 5.26 Å². The van der Waals surface area contributed by atoms with Gasteiger partial charge in [0, 0.05) is 45.5 Å². The van der Waals surface area contributed by atoms with Gasteiger partial charge in [0.05, 0.1) is 11.4 Å². The summed E-state index contributed by atoms with van der Waals surface area (Å²) in [5, 5.41) is 16.1. The molecule has 3 N–H and O–H groups in total. The van der Waals surface area contributed by atoms with Gasteiger partial charge in [-0.1, -0.05) is 0 Å². The number of pyridine rings is 2. The minimum atomic E-state index is -0.500. The Morgan fingerprint density at radius 3 is 2.52 bits per heavy atom. The van der Waals surface area contributed by atoms with Crippen molar-refractivity contribution in [2.75, 3.05) is 42.9 Å². The molecule has 2 aromatic heterocycles. The number of amides is 3. The van der Waals surface area contributed by atoms with Gasteiger partial charge in [-0.2, -0.15) is 5.26 Å². The number of nitriles is 1. The highest BCUT2D eigenvalue weighted by Gasteiger charge is 2.20. The molecule has 1 saturated heterocycles. The third-order valence-electron chi connectivity index (χ3n) is 4.98. The maximum absolute atomic E-state index is 11.8. The van der Waals surface area contributed by atoms with Crippen LogP contribution in [0.25, 0.3) is 0 Å². The average Bonchev–Trinajstić information content (AvgIpc) is 2.75. The lowest BCUT2D eigenvalue weighted by molar-refractivity contribution is 0.0968. The number of urea groups is 1. The van der Waals surface area contributed by atoms with Gasteiger partial charge in [-0.05, 0) is 43.7 Å². The van der Waals surface area contributed by atoms with Gasteiger partial charge in [-0.15, -0.1) is 24.8 Å². The minimum absolute atomic E-state index is 0. The molecule has 0 aromatic carbocycles. The maximum atomic E-state index is 11.8. The second-order valence-electron chi connectivity index (χ2n) is 7.16. The maximum Gasteiger partial charge on any atom is 0.320 e. The molecule has 3 heterocycles. The van der Waals surface area contributed by atoms with Crippen molar-refractivity contribution >= 4 is 48.3 Å². The first kappa shape index (κ1) is 27.9. The first-order valence-electron chi connectivity index (χ1n) is 10.1. The lowest BCUT2D eigenvalue weighted by atomic mass is 10.2. The van der Waals surface area contributed by atoms with Crippen LogP contribution in [0, 0.1) is 18.4 Å². The van der Waals surface area contributed by atoms with Gasteiger partial charge in [-0.3, -0.25) is 20.3 Å². The van der Waals surface area contributed by atoms with Gasteiger partial charge < -0.3 is 10.2 Å². The van der Waals surface area contributed by atoms with Crippen LogP contribution < -0.4 is 20.9 Å². The molecule has 0 atom stereocenters. The molecule has 0 unspecified atom stereocenters. The summed E-state index contributed by atoms with van der Waals surface area (Å²) in [5.41, 5.74) is 3.07. The Morgan fingerprint density at radius 2 is 1.88 bits per heavy atom. The zero-order valence-corrected chi connectivity index (χ0v) is 20.1. The van der Waals surface area contributed by atoms with E-state index in [2.05, 4.69) is 35.7 Å². The van der Waals surface area contributed by atoms with E-state index in [1.54, 1.807) is 18.5 Å². The van der Waals surface area contributed by atoms with Crippen LogP contribution in [0.5, 0.6) is 0 Å². The van der Waals surface area contributed by atoms with Gasteiger partial charge in [0.15, 0.2) is 6.19 Å². The van der Waals surface area contributed by atoms with Crippen LogP contribution in [-0.4, -0.2) is 59.5 Å². The molecule has 2 aromatic rings. The standard InChI is InChI=1S/C21H26N8O2.2ClH/c1-3-23-21(31)27-19-12-16(6-7-24-19)13-28-8-10-29(11-9-28)18-5-4-17(26-15(18)2)20(30)25-14-22;;/h4-7,12H,3,8-11,13H2,1-2H3,(H,25,30)(H2,23,24,27,31);2*1H. The van der Waals surface area contributed by atoms with Crippen LogP contribution >= 0.6 is 24.8 Å². The fraction of sp³-hybridized carbons (Fsp3) is 0.381. The third kappa shape index (κ3) is 7.75. The van der Waals surface area contributed by atoms with Crippen LogP contribution in [0.4, 0.5) is 16.3 Å². The Morgan fingerprint density at radius 1 is 1.15 bits per heavy atom. The number of halogens is 2. The van der Waals surface area contributed by atoms with Crippen molar-refractivity contribution in [2.24, 2.45) is 0 Å². The molecule has 3 rings (SSSR count). The molecular weight excluding hydrogens is 467 g/mol. The molecule has 0 saturated carbocycles. The van der Waals surface area contributed by atoms with Crippen molar-refractivity contribution in [2.45, 2.75) is 20.4 Å². The number of hydrogen-bond acceptors (Lipinski definition) is 7. The van der Waals surface area contributed by atoms with Gasteiger partial charge in [-0.25, -0.2) is 14.8 Å². The third-order valence-corrected chi connectivity index (χ3v) is 4.98. The van der Waals surface area contributed by atoms with Crippen LogP contribution in [0.15, 0.2) is 30.5 Å². The average molecular weight is 495 g/mol. The Kier molecular flexibility index (Phi) is 11.4. The zero-order chi connectivity index (χ0) is 22.2. The van der Waals surface area contributed by atoms with Crippen molar-refractivity contribution in [3.8, 4) is 6.19 Å². The van der Waals surface area contributed by atoms with E-state index in [-0.39, 0.29) is 36.5 Å². The summed E-state index contributed by atoms with van der Waals surface area (Å²) in [6, 6.07) is 7.10. The fourth-order valence-corrected chi connectivity index (χ4v) is 3.50. The molecule has 10 nitrogen and oxygen atoms in total. The zero-order valence-electron chi connectivity index (χ0n) is 18.5. The first-order valence-corrected chi connectivity index (χ1v) is 10.1. The molecule has 12 heteroatoms. The summed E-state index contributed by atoms with van der Waals surface area (Å²) < 4.78 is 0. The van der Waals surface area contributed by atoms with Crippen LogP contribution in [-0.2, 0) is 6.54 Å². The van der Waals surface area contributed by atoms with Crippen LogP contribution in [0.2, 0.25) is 0 Å². The van der Waals surface area contributed by atoms with E-state index in [0.717, 1.165) is 49.7 Å². The Balaban J connectivity index is 0.00000272. The first-order chi connectivity index (χ1) is 15.0. The Labute approximate surface area is 205 Å². The van der Waals surface area contributed by atoms with Crippen molar-refractivity contribution in [3.63, 3.8) is 0 Å². The van der Waals surface area contributed by atoms with Crippen molar-refractivity contribution in [1.82, 2.24) is 25.5 Å². The number of anilines is 2. The van der Waals surface area contributed by atoms with E-state index in [1.165, 1.54) is 0 Å². The second kappa shape index (κ2) is 13.4. The Hall–Kier alpha value is -3.13. The molecule has 0 radical (unpaired) electrons. The summed E-state index contributed by atoms with van der Waals surface area (Å²) in [6.45, 7) is 8.47. The summed E-state index contributed by atoms with van der Waals surface area (Å²) >= 11 is 0. The summed E-state index contributed by atoms with van der Waals surface area (Å²) in [7, 11) is 0. The van der Waals surface area contributed by atoms with Gasteiger partial charge in [0.25, 0.3) is 5.91 Å². The lowest BCUT2D eigenvalue weighted by Gasteiger charge is -2.36. The topological polar surface area (TPSA) is 126 Å². The van der Waals surface area contributed by atoms with Gasteiger partial charge >= 0.3 is 6.03 Å².